The van der Waals surface area contributed by atoms with Gasteiger partial charge in [-0.1, -0.05) is 53.0 Å². The first-order chi connectivity index (χ1) is 9.82. The highest BCUT2D eigenvalue weighted by molar-refractivity contribution is 6.68. The number of ether oxygens (including phenoxy) is 2. The van der Waals surface area contributed by atoms with Gasteiger partial charge in [-0.05, 0) is 19.1 Å². The molecule has 0 aliphatic rings. The van der Waals surface area contributed by atoms with Crippen molar-refractivity contribution in [1.82, 2.24) is 5.32 Å². The average Bonchev–Trinajstić information content (AvgIpc) is 2.38. The Kier molecular flexibility index (Phi) is 6.87. The molecular formula is C12H13Cl3N2O4. The largest absolute Gasteiger partial charge is 0.450 e. The van der Waals surface area contributed by atoms with E-state index in [0.29, 0.717) is 5.69 Å². The molecule has 0 saturated heterocycles. The number of benzene rings is 1. The Balaban J connectivity index is 2.64. The summed E-state index contributed by atoms with van der Waals surface area (Å²) in [4.78, 5) is 23.0. The van der Waals surface area contributed by atoms with Gasteiger partial charge in [-0.25, -0.2) is 9.59 Å². The SMILES string of the molecule is CCOC(=O)N[C@@H](OC(=O)Nc1ccccc1)C(Cl)(Cl)Cl. The molecule has 2 N–H and O–H groups in total. The molecule has 1 aromatic rings. The molecule has 0 heterocycles. The highest BCUT2D eigenvalue weighted by Gasteiger charge is 2.38. The Bertz CT molecular complexity index is 479. The van der Waals surface area contributed by atoms with Gasteiger partial charge in [0, 0.05) is 5.69 Å². The van der Waals surface area contributed by atoms with Crippen molar-refractivity contribution in [1.29, 1.82) is 0 Å². The van der Waals surface area contributed by atoms with Crippen LogP contribution in [-0.4, -0.2) is 28.8 Å². The fourth-order valence-corrected chi connectivity index (χ4v) is 1.53. The number of para-hydroxylation sites is 1. The van der Waals surface area contributed by atoms with Crippen molar-refractivity contribution in [3.63, 3.8) is 0 Å². The van der Waals surface area contributed by atoms with Gasteiger partial charge in [-0.3, -0.25) is 10.6 Å². The maximum Gasteiger partial charge on any atom is 0.413 e. The van der Waals surface area contributed by atoms with Gasteiger partial charge in [-0.15, -0.1) is 0 Å². The predicted molar refractivity (Wildman–Crippen MR) is 80.8 cm³/mol. The van der Waals surface area contributed by atoms with Crippen LogP contribution in [-0.2, 0) is 9.47 Å². The summed E-state index contributed by atoms with van der Waals surface area (Å²) in [5.41, 5.74) is 0.488. The average molecular weight is 356 g/mol. The number of amides is 2. The Hall–Kier alpha value is -1.37. The topological polar surface area (TPSA) is 76.7 Å². The van der Waals surface area contributed by atoms with Crippen molar-refractivity contribution in [3.8, 4) is 0 Å². The number of nitrogens with one attached hydrogen (secondary N) is 2. The van der Waals surface area contributed by atoms with Gasteiger partial charge in [-0.2, -0.15) is 0 Å². The van der Waals surface area contributed by atoms with E-state index in [4.69, 9.17) is 39.5 Å². The van der Waals surface area contributed by atoms with E-state index in [2.05, 4.69) is 15.4 Å². The standard InChI is InChI=1S/C12H13Cl3N2O4/c1-2-20-10(18)17-9(12(13,14)15)21-11(19)16-8-6-4-3-5-7-8/h3-7,9H,2H2,1H3,(H,16,19)(H,17,18)/t9-/m0/s1. The van der Waals surface area contributed by atoms with E-state index in [0.717, 1.165) is 0 Å². The van der Waals surface area contributed by atoms with Gasteiger partial charge in [0.15, 0.2) is 0 Å². The van der Waals surface area contributed by atoms with Crippen LogP contribution in [0.1, 0.15) is 6.92 Å². The lowest BCUT2D eigenvalue weighted by Crippen LogP contribution is -2.47. The summed E-state index contributed by atoms with van der Waals surface area (Å²) in [6.07, 6.45) is -3.28. The lowest BCUT2D eigenvalue weighted by molar-refractivity contribution is 0.0795. The van der Waals surface area contributed by atoms with Crippen molar-refractivity contribution in [2.24, 2.45) is 0 Å². The molecule has 1 rings (SSSR count). The molecule has 0 bridgehead atoms. The van der Waals surface area contributed by atoms with E-state index in [1.807, 2.05) is 0 Å². The minimum Gasteiger partial charge on any atom is -0.450 e. The van der Waals surface area contributed by atoms with Crippen molar-refractivity contribution < 1.29 is 19.1 Å². The van der Waals surface area contributed by atoms with E-state index in [-0.39, 0.29) is 6.61 Å². The lowest BCUT2D eigenvalue weighted by atomic mass is 10.3. The van der Waals surface area contributed by atoms with Crippen molar-refractivity contribution in [3.05, 3.63) is 30.3 Å². The summed E-state index contributed by atoms with van der Waals surface area (Å²) >= 11 is 16.9. The molecule has 9 heteroatoms. The Morgan fingerprint density at radius 1 is 1.19 bits per heavy atom. The molecule has 0 unspecified atom stereocenters. The fraction of sp³-hybridized carbons (Fsp3) is 0.333. The number of carbonyl (C=O) groups is 2. The van der Waals surface area contributed by atoms with Crippen molar-refractivity contribution >= 4 is 52.7 Å². The quantitative estimate of drug-likeness (QED) is 0.638. The maximum absolute atomic E-state index is 11.7. The Morgan fingerprint density at radius 2 is 1.81 bits per heavy atom. The molecule has 0 spiro atoms. The van der Waals surface area contributed by atoms with Gasteiger partial charge >= 0.3 is 12.2 Å². The second-order valence-electron chi connectivity index (χ2n) is 3.68. The number of halogens is 3. The smallest absolute Gasteiger partial charge is 0.413 e. The number of rotatable bonds is 4. The summed E-state index contributed by atoms with van der Waals surface area (Å²) in [5, 5.41) is 4.56. The second-order valence-corrected chi connectivity index (χ2v) is 6.05. The summed E-state index contributed by atoms with van der Waals surface area (Å²) in [5.74, 6) is 0. The van der Waals surface area contributed by atoms with E-state index in [9.17, 15) is 9.59 Å². The first-order valence-corrected chi connectivity index (χ1v) is 6.99. The van der Waals surface area contributed by atoms with Gasteiger partial charge < -0.3 is 9.47 Å². The van der Waals surface area contributed by atoms with E-state index < -0.39 is 22.2 Å². The fourth-order valence-electron chi connectivity index (χ4n) is 1.23. The monoisotopic (exact) mass is 354 g/mol. The molecule has 0 fully saturated rings. The molecule has 2 amide bonds. The van der Waals surface area contributed by atoms with Crippen LogP contribution in [0.25, 0.3) is 0 Å². The van der Waals surface area contributed by atoms with Crippen LogP contribution in [0.2, 0.25) is 0 Å². The zero-order chi connectivity index (χ0) is 15.9. The minimum absolute atomic E-state index is 0.120. The first-order valence-electron chi connectivity index (χ1n) is 5.85. The number of hydrogen-bond donors (Lipinski definition) is 2. The maximum atomic E-state index is 11.7. The number of alkyl halides is 3. The van der Waals surface area contributed by atoms with Crippen LogP contribution in [0.5, 0.6) is 0 Å². The zero-order valence-corrected chi connectivity index (χ0v) is 13.2. The summed E-state index contributed by atoms with van der Waals surface area (Å²) in [6, 6.07) is 8.51. The highest BCUT2D eigenvalue weighted by Crippen LogP contribution is 2.31. The van der Waals surface area contributed by atoms with Crippen LogP contribution >= 0.6 is 34.8 Å². The Morgan fingerprint density at radius 3 is 2.33 bits per heavy atom. The number of alkyl carbamates (subject to hydrolysis) is 1. The molecular weight excluding hydrogens is 343 g/mol. The predicted octanol–water partition coefficient (Wildman–Crippen LogP) is 3.68. The highest BCUT2D eigenvalue weighted by atomic mass is 35.6. The lowest BCUT2D eigenvalue weighted by Gasteiger charge is -2.24. The third-order valence-electron chi connectivity index (χ3n) is 2.07. The molecule has 1 aromatic carbocycles. The molecule has 0 saturated carbocycles. The van der Waals surface area contributed by atoms with Crippen LogP contribution in [0.15, 0.2) is 30.3 Å². The minimum atomic E-state index is -2.05. The third-order valence-corrected chi connectivity index (χ3v) is 2.66. The number of anilines is 1. The number of hydrogen-bond acceptors (Lipinski definition) is 4. The normalized spacial score (nSPS) is 12.2. The van der Waals surface area contributed by atoms with Crippen LogP contribution in [0.3, 0.4) is 0 Å². The van der Waals surface area contributed by atoms with Crippen LogP contribution in [0, 0.1) is 0 Å². The van der Waals surface area contributed by atoms with E-state index >= 15 is 0 Å². The summed E-state index contributed by atoms with van der Waals surface area (Å²) < 4.78 is 7.45. The van der Waals surface area contributed by atoms with E-state index in [1.54, 1.807) is 37.3 Å². The molecule has 1 atom stereocenters. The molecule has 116 valence electrons. The van der Waals surface area contributed by atoms with E-state index in [1.165, 1.54) is 0 Å². The Labute approximate surface area is 136 Å². The van der Waals surface area contributed by atoms with Gasteiger partial charge in [0.2, 0.25) is 10.0 Å². The molecule has 6 nitrogen and oxygen atoms in total. The summed E-state index contributed by atoms with van der Waals surface area (Å²) in [7, 11) is 0. The number of carbonyl (C=O) groups excluding carboxylic acids is 2. The molecule has 0 radical (unpaired) electrons. The zero-order valence-electron chi connectivity index (χ0n) is 10.9. The molecule has 0 aliphatic carbocycles. The third kappa shape index (κ3) is 6.75. The van der Waals surface area contributed by atoms with Gasteiger partial charge in [0.1, 0.15) is 0 Å². The van der Waals surface area contributed by atoms with Gasteiger partial charge in [0.05, 0.1) is 6.61 Å². The molecule has 0 aliphatic heterocycles. The summed E-state index contributed by atoms with van der Waals surface area (Å²) in [6.45, 7) is 1.72. The molecule has 0 aromatic heterocycles. The van der Waals surface area contributed by atoms with Crippen LogP contribution < -0.4 is 10.6 Å². The van der Waals surface area contributed by atoms with Crippen LogP contribution in [0.4, 0.5) is 15.3 Å². The second kappa shape index (κ2) is 8.17. The van der Waals surface area contributed by atoms with Crippen molar-refractivity contribution in [2.75, 3.05) is 11.9 Å². The van der Waals surface area contributed by atoms with Gasteiger partial charge in [0.25, 0.3) is 0 Å². The van der Waals surface area contributed by atoms with Crippen molar-refractivity contribution in [2.45, 2.75) is 16.9 Å². The molecule has 21 heavy (non-hydrogen) atoms. The first kappa shape index (κ1) is 17.7.